The zero-order valence-electron chi connectivity index (χ0n) is 7.93. The summed E-state index contributed by atoms with van der Waals surface area (Å²) in [7, 11) is 0. The average molecular weight is 188 g/mol. The van der Waals surface area contributed by atoms with Crippen molar-refractivity contribution in [1.82, 2.24) is 0 Å². The molecule has 0 bridgehead atoms. The summed E-state index contributed by atoms with van der Waals surface area (Å²) in [5, 5.41) is 19.0. The minimum atomic E-state index is -0.693. The number of ether oxygens (including phenoxy) is 2. The lowest BCUT2D eigenvalue weighted by Gasteiger charge is -2.38. The van der Waals surface area contributed by atoms with E-state index in [9.17, 15) is 10.2 Å². The maximum absolute atomic E-state index is 9.55. The number of rotatable bonds is 0. The van der Waals surface area contributed by atoms with Crippen LogP contribution in [0.3, 0.4) is 0 Å². The van der Waals surface area contributed by atoms with E-state index >= 15 is 0 Å². The average Bonchev–Trinajstić information content (AvgIpc) is 2.25. The molecule has 2 N–H and O–H groups in total. The maximum Gasteiger partial charge on any atom is 0.163 e. The first-order valence-electron chi connectivity index (χ1n) is 4.67. The largest absolute Gasteiger partial charge is 0.390 e. The van der Waals surface area contributed by atoms with E-state index in [1.165, 1.54) is 0 Å². The Kier molecular flexibility index (Phi) is 2.11. The quantitative estimate of drug-likeness (QED) is 0.556. The molecule has 4 unspecified atom stereocenters. The predicted molar refractivity (Wildman–Crippen MR) is 45.0 cm³/mol. The minimum absolute atomic E-state index is 0.0613. The molecular formula is C9H16O4. The number of hydrogen-bond donors (Lipinski definition) is 2. The van der Waals surface area contributed by atoms with E-state index in [1.54, 1.807) is 0 Å². The molecule has 0 aromatic rings. The van der Waals surface area contributed by atoms with Crippen LogP contribution < -0.4 is 0 Å². The second-order valence-electron chi connectivity index (χ2n) is 4.32. The monoisotopic (exact) mass is 188 g/mol. The molecule has 0 spiro atoms. The van der Waals surface area contributed by atoms with Gasteiger partial charge in [-0.25, -0.2) is 0 Å². The summed E-state index contributed by atoms with van der Waals surface area (Å²) in [6.45, 7) is 4.16. The van der Waals surface area contributed by atoms with Crippen LogP contribution in [0.5, 0.6) is 0 Å². The van der Waals surface area contributed by atoms with E-state index in [4.69, 9.17) is 9.47 Å². The third kappa shape index (κ3) is 1.59. The van der Waals surface area contributed by atoms with Gasteiger partial charge in [0.2, 0.25) is 0 Å². The van der Waals surface area contributed by atoms with Crippen molar-refractivity contribution >= 4 is 0 Å². The van der Waals surface area contributed by atoms with Gasteiger partial charge in [0.05, 0.1) is 24.9 Å². The number of hydrogen-bond acceptors (Lipinski definition) is 4. The van der Waals surface area contributed by atoms with E-state index in [-0.39, 0.29) is 12.0 Å². The lowest BCUT2D eigenvalue weighted by atomic mass is 10.0. The Morgan fingerprint density at radius 1 is 1.31 bits per heavy atom. The molecule has 76 valence electrons. The van der Waals surface area contributed by atoms with Gasteiger partial charge in [0.25, 0.3) is 0 Å². The predicted octanol–water partition coefficient (Wildman–Crippen LogP) is -0.120. The summed E-state index contributed by atoms with van der Waals surface area (Å²) in [6, 6.07) is 0. The molecular weight excluding hydrogens is 172 g/mol. The SMILES string of the molecule is CC1(C)OCC2C(CC(O)C2O)O1. The summed E-state index contributed by atoms with van der Waals surface area (Å²) in [5.41, 5.74) is 0. The highest BCUT2D eigenvalue weighted by Gasteiger charge is 2.48. The topological polar surface area (TPSA) is 58.9 Å². The molecule has 2 fully saturated rings. The van der Waals surface area contributed by atoms with Crippen LogP contribution >= 0.6 is 0 Å². The Morgan fingerprint density at radius 2 is 2.00 bits per heavy atom. The Labute approximate surface area is 77.5 Å². The smallest absolute Gasteiger partial charge is 0.163 e. The molecule has 0 aromatic carbocycles. The molecule has 0 radical (unpaired) electrons. The van der Waals surface area contributed by atoms with Crippen LogP contribution in [0, 0.1) is 5.92 Å². The van der Waals surface area contributed by atoms with Crippen molar-refractivity contribution in [3.63, 3.8) is 0 Å². The van der Waals surface area contributed by atoms with Gasteiger partial charge in [-0.05, 0) is 13.8 Å². The Balaban J connectivity index is 2.08. The third-order valence-corrected chi connectivity index (χ3v) is 2.84. The van der Waals surface area contributed by atoms with Crippen LogP contribution in [0.4, 0.5) is 0 Å². The molecule has 1 heterocycles. The van der Waals surface area contributed by atoms with Gasteiger partial charge in [-0.15, -0.1) is 0 Å². The molecule has 4 nitrogen and oxygen atoms in total. The second-order valence-corrected chi connectivity index (χ2v) is 4.32. The lowest BCUT2D eigenvalue weighted by molar-refractivity contribution is -0.292. The molecule has 0 amide bonds. The molecule has 2 aliphatic rings. The molecule has 4 atom stereocenters. The summed E-state index contributed by atoms with van der Waals surface area (Å²) in [5.74, 6) is -0.645. The van der Waals surface area contributed by atoms with Crippen LogP contribution in [0.2, 0.25) is 0 Å². The molecule has 0 aromatic heterocycles. The third-order valence-electron chi connectivity index (χ3n) is 2.84. The van der Waals surface area contributed by atoms with Gasteiger partial charge in [0, 0.05) is 12.3 Å². The zero-order chi connectivity index (χ0) is 9.64. The second kappa shape index (κ2) is 2.92. The molecule has 1 aliphatic carbocycles. The summed E-state index contributed by atoms with van der Waals surface area (Å²) in [6.07, 6.45) is -0.902. The molecule has 1 saturated carbocycles. The van der Waals surface area contributed by atoms with Crippen LogP contribution in [0.15, 0.2) is 0 Å². The van der Waals surface area contributed by atoms with Gasteiger partial charge >= 0.3 is 0 Å². The first-order valence-corrected chi connectivity index (χ1v) is 4.67. The van der Waals surface area contributed by atoms with E-state index < -0.39 is 18.0 Å². The van der Waals surface area contributed by atoms with Gasteiger partial charge in [-0.2, -0.15) is 0 Å². The highest BCUT2D eigenvalue weighted by Crippen LogP contribution is 2.37. The number of aliphatic hydroxyl groups is 2. The van der Waals surface area contributed by atoms with Crippen molar-refractivity contribution in [1.29, 1.82) is 0 Å². The van der Waals surface area contributed by atoms with Crippen molar-refractivity contribution in [2.45, 2.75) is 44.4 Å². The first kappa shape index (κ1) is 9.40. The van der Waals surface area contributed by atoms with Crippen molar-refractivity contribution in [2.24, 2.45) is 5.92 Å². The van der Waals surface area contributed by atoms with E-state index in [1.807, 2.05) is 13.8 Å². The van der Waals surface area contributed by atoms with Crippen molar-refractivity contribution < 1.29 is 19.7 Å². The Hall–Kier alpha value is -0.160. The highest BCUT2D eigenvalue weighted by atomic mass is 16.7. The summed E-state index contributed by atoms with van der Waals surface area (Å²) < 4.78 is 11.0. The van der Waals surface area contributed by atoms with E-state index in [0.717, 1.165) is 0 Å². The van der Waals surface area contributed by atoms with Crippen LogP contribution in [-0.4, -0.2) is 40.9 Å². The van der Waals surface area contributed by atoms with Gasteiger partial charge in [0.15, 0.2) is 5.79 Å². The van der Waals surface area contributed by atoms with Crippen LogP contribution in [0.1, 0.15) is 20.3 Å². The van der Waals surface area contributed by atoms with Crippen LogP contribution in [0.25, 0.3) is 0 Å². The zero-order valence-corrected chi connectivity index (χ0v) is 7.93. The number of fused-ring (bicyclic) bond motifs is 1. The van der Waals surface area contributed by atoms with Gasteiger partial charge in [-0.1, -0.05) is 0 Å². The Bertz CT molecular complexity index is 204. The van der Waals surface area contributed by atoms with Gasteiger partial charge < -0.3 is 19.7 Å². The molecule has 1 saturated heterocycles. The summed E-state index contributed by atoms with van der Waals surface area (Å²) >= 11 is 0. The van der Waals surface area contributed by atoms with Crippen molar-refractivity contribution in [3.8, 4) is 0 Å². The number of aliphatic hydroxyl groups excluding tert-OH is 2. The fourth-order valence-electron chi connectivity index (χ4n) is 2.09. The minimum Gasteiger partial charge on any atom is -0.390 e. The van der Waals surface area contributed by atoms with E-state index in [0.29, 0.717) is 13.0 Å². The van der Waals surface area contributed by atoms with Gasteiger partial charge in [0.1, 0.15) is 0 Å². The molecule has 1 aliphatic heterocycles. The first-order chi connectivity index (χ1) is 5.99. The highest BCUT2D eigenvalue weighted by molar-refractivity contribution is 4.94. The van der Waals surface area contributed by atoms with E-state index in [2.05, 4.69) is 0 Å². The van der Waals surface area contributed by atoms with Crippen molar-refractivity contribution in [2.75, 3.05) is 6.61 Å². The molecule has 2 rings (SSSR count). The van der Waals surface area contributed by atoms with Gasteiger partial charge in [-0.3, -0.25) is 0 Å². The fourth-order valence-corrected chi connectivity index (χ4v) is 2.09. The Morgan fingerprint density at radius 3 is 2.69 bits per heavy atom. The standard InChI is InChI=1S/C9H16O4/c1-9(2)12-4-5-7(13-9)3-6(10)8(5)11/h5-8,10-11H,3-4H2,1-2H3. The van der Waals surface area contributed by atoms with Crippen LogP contribution in [-0.2, 0) is 9.47 Å². The summed E-state index contributed by atoms with van der Waals surface area (Å²) in [4.78, 5) is 0. The normalized spacial score (nSPS) is 48.9. The van der Waals surface area contributed by atoms with Crippen molar-refractivity contribution in [3.05, 3.63) is 0 Å². The fraction of sp³-hybridized carbons (Fsp3) is 1.00. The molecule has 4 heteroatoms. The molecule has 13 heavy (non-hydrogen) atoms. The lowest BCUT2D eigenvalue weighted by Crippen LogP contribution is -2.45. The maximum atomic E-state index is 9.55.